The number of rotatable bonds is 10. The number of benzene rings is 2. The van der Waals surface area contributed by atoms with Gasteiger partial charge in [-0.05, 0) is 72.2 Å². The van der Waals surface area contributed by atoms with E-state index in [1.165, 1.54) is 0 Å². The van der Waals surface area contributed by atoms with Gasteiger partial charge in [-0.15, -0.1) is 11.3 Å². The third kappa shape index (κ3) is 5.18. The van der Waals surface area contributed by atoms with Gasteiger partial charge in [-0.3, -0.25) is 14.4 Å². The number of ether oxygens (including phenoxy) is 1. The predicted molar refractivity (Wildman–Crippen MR) is 150 cm³/mol. The summed E-state index contributed by atoms with van der Waals surface area (Å²) in [5.74, 6) is -0.375. The van der Waals surface area contributed by atoms with Crippen LogP contribution in [-0.2, 0) is 32.1 Å². The van der Waals surface area contributed by atoms with Crippen LogP contribution < -0.4 is 0 Å². The molecule has 8 heteroatoms. The molecule has 1 aliphatic heterocycles. The number of nitrogens with zero attached hydrogens (tertiary/aromatic N) is 2. The number of aromatic nitrogens is 1. The number of fused-ring (bicyclic) bond motifs is 2. The minimum Gasteiger partial charge on any atom is -0.466 e. The quantitative estimate of drug-likeness (QED) is 0.282. The molecule has 3 heterocycles. The van der Waals surface area contributed by atoms with Crippen molar-refractivity contribution in [1.82, 2.24) is 14.8 Å². The summed E-state index contributed by atoms with van der Waals surface area (Å²) in [5, 5.41) is 4.25. The van der Waals surface area contributed by atoms with Crippen molar-refractivity contribution in [3.05, 3.63) is 71.2 Å². The molecule has 1 fully saturated rings. The van der Waals surface area contributed by atoms with Crippen LogP contribution in [-0.4, -0.2) is 57.8 Å². The lowest BCUT2D eigenvalue weighted by Crippen LogP contribution is -2.68. The van der Waals surface area contributed by atoms with Crippen LogP contribution in [0.25, 0.3) is 21.0 Å². The molecule has 2 amide bonds. The van der Waals surface area contributed by atoms with Gasteiger partial charge < -0.3 is 19.5 Å². The lowest BCUT2D eigenvalue weighted by Gasteiger charge is -2.51. The number of hydrogen-bond acceptors (Lipinski definition) is 5. The molecule has 0 spiro atoms. The van der Waals surface area contributed by atoms with Gasteiger partial charge in [-0.1, -0.05) is 30.3 Å². The molecule has 198 valence electrons. The number of hydrogen-bond donors (Lipinski definition) is 1. The monoisotopic (exact) mass is 531 g/mol. The molecule has 0 aliphatic carbocycles. The zero-order valence-corrected chi connectivity index (χ0v) is 22.7. The molecule has 0 saturated carbocycles. The lowest BCUT2D eigenvalue weighted by atomic mass is 9.84. The third-order valence-corrected chi connectivity index (χ3v) is 8.49. The molecule has 38 heavy (non-hydrogen) atoms. The summed E-state index contributed by atoms with van der Waals surface area (Å²) in [4.78, 5) is 46.1. The highest BCUT2D eigenvalue weighted by Crippen LogP contribution is 2.35. The van der Waals surface area contributed by atoms with Crippen molar-refractivity contribution in [2.24, 2.45) is 0 Å². The second-order valence-corrected chi connectivity index (χ2v) is 10.9. The largest absolute Gasteiger partial charge is 0.466 e. The summed E-state index contributed by atoms with van der Waals surface area (Å²) < 4.78 is 6.23. The zero-order valence-electron chi connectivity index (χ0n) is 21.9. The Kier molecular flexibility index (Phi) is 7.51. The van der Waals surface area contributed by atoms with Crippen LogP contribution in [0.15, 0.2) is 60.1 Å². The van der Waals surface area contributed by atoms with Crippen molar-refractivity contribution in [2.75, 3.05) is 19.7 Å². The number of carbonyl (C=O) groups excluding carboxylic acids is 3. The first-order chi connectivity index (χ1) is 18.4. The molecule has 1 unspecified atom stereocenters. The van der Waals surface area contributed by atoms with Crippen LogP contribution in [0.5, 0.6) is 0 Å². The fourth-order valence-electron chi connectivity index (χ4n) is 5.26. The molecule has 1 saturated heterocycles. The Bertz CT molecular complexity index is 1470. The van der Waals surface area contributed by atoms with E-state index < -0.39 is 5.54 Å². The molecule has 4 aromatic rings. The van der Waals surface area contributed by atoms with Gasteiger partial charge in [0.15, 0.2) is 0 Å². The first-order valence-electron chi connectivity index (χ1n) is 13.2. The Labute approximate surface area is 226 Å². The van der Waals surface area contributed by atoms with Crippen molar-refractivity contribution in [3.63, 3.8) is 0 Å². The average Bonchev–Trinajstić information content (AvgIpc) is 3.53. The van der Waals surface area contributed by atoms with E-state index >= 15 is 0 Å². The van der Waals surface area contributed by atoms with Crippen LogP contribution in [0.3, 0.4) is 0 Å². The maximum atomic E-state index is 14.0. The van der Waals surface area contributed by atoms with Gasteiger partial charge >= 0.3 is 5.97 Å². The minimum atomic E-state index is -0.899. The Hall–Kier alpha value is -3.65. The van der Waals surface area contributed by atoms with Gasteiger partial charge in [-0.2, -0.15) is 0 Å². The number of esters is 1. The van der Waals surface area contributed by atoms with Gasteiger partial charge in [0.25, 0.3) is 0 Å². The van der Waals surface area contributed by atoms with Crippen LogP contribution in [0.1, 0.15) is 44.2 Å². The maximum Gasteiger partial charge on any atom is 0.305 e. The maximum absolute atomic E-state index is 14.0. The number of aromatic amines is 1. The predicted octanol–water partition coefficient (Wildman–Crippen LogP) is 5.29. The smallest absolute Gasteiger partial charge is 0.305 e. The van der Waals surface area contributed by atoms with Crippen molar-refractivity contribution < 1.29 is 19.1 Å². The molecule has 0 bridgehead atoms. The highest BCUT2D eigenvalue weighted by molar-refractivity contribution is 7.17. The topological polar surface area (TPSA) is 82.7 Å². The molecule has 2 aromatic carbocycles. The average molecular weight is 532 g/mol. The van der Waals surface area contributed by atoms with Crippen molar-refractivity contribution in [2.45, 2.75) is 51.6 Å². The standard InChI is InChI=1S/C30H33N3O4S/c1-3-37-28(35)9-6-15-32(19-21-10-11-22-12-14-31-25(22)17-21)29(36)30(2)13-16-33(30)27(34)18-23-20-38-26-8-5-4-7-24(23)26/h4-5,7-8,10-12,14,17,20,31H,3,6,9,13,15-16,18-19H2,1-2H3. The highest BCUT2D eigenvalue weighted by Gasteiger charge is 2.50. The molecule has 0 radical (unpaired) electrons. The number of likely N-dealkylation sites (tertiary alicyclic amines) is 1. The Morgan fingerprint density at radius 2 is 2.00 bits per heavy atom. The summed E-state index contributed by atoms with van der Waals surface area (Å²) in [6, 6.07) is 16.2. The van der Waals surface area contributed by atoms with E-state index in [4.69, 9.17) is 4.74 Å². The van der Waals surface area contributed by atoms with E-state index in [-0.39, 0.29) is 30.6 Å². The van der Waals surface area contributed by atoms with Gasteiger partial charge in [0.05, 0.1) is 13.0 Å². The third-order valence-electron chi connectivity index (χ3n) is 7.48. The van der Waals surface area contributed by atoms with E-state index in [0.717, 1.165) is 32.1 Å². The summed E-state index contributed by atoms with van der Waals surface area (Å²) in [5.41, 5.74) is 2.11. The minimum absolute atomic E-state index is 0.0325. The number of carbonyl (C=O) groups is 3. The van der Waals surface area contributed by atoms with Crippen molar-refractivity contribution >= 4 is 50.1 Å². The van der Waals surface area contributed by atoms with Crippen LogP contribution in [0.4, 0.5) is 0 Å². The number of nitrogens with one attached hydrogen (secondary N) is 1. The second-order valence-electron chi connectivity index (χ2n) is 10.0. The van der Waals surface area contributed by atoms with E-state index in [1.807, 2.05) is 54.9 Å². The SMILES string of the molecule is CCOC(=O)CCCN(Cc1ccc2cc[nH]c2c1)C(=O)C1(C)CCN1C(=O)Cc1csc2ccccc12. The Balaban J connectivity index is 1.32. The first kappa shape index (κ1) is 26.0. The number of H-pyrrole nitrogens is 1. The zero-order chi connectivity index (χ0) is 26.7. The fraction of sp³-hybridized carbons (Fsp3) is 0.367. The summed E-state index contributed by atoms with van der Waals surface area (Å²) in [6.07, 6.45) is 3.54. The Morgan fingerprint density at radius 3 is 2.79 bits per heavy atom. The molecule has 1 N–H and O–H groups in total. The number of amides is 2. The van der Waals surface area contributed by atoms with E-state index in [0.29, 0.717) is 39.1 Å². The lowest BCUT2D eigenvalue weighted by molar-refractivity contribution is -0.164. The summed E-state index contributed by atoms with van der Waals surface area (Å²) >= 11 is 1.64. The van der Waals surface area contributed by atoms with E-state index in [9.17, 15) is 14.4 Å². The molecular weight excluding hydrogens is 498 g/mol. The molecule has 1 atom stereocenters. The first-order valence-corrected chi connectivity index (χ1v) is 14.0. The molecular formula is C30H33N3O4S. The van der Waals surface area contributed by atoms with Gasteiger partial charge in [0.2, 0.25) is 11.8 Å². The van der Waals surface area contributed by atoms with Gasteiger partial charge in [-0.25, -0.2) is 0 Å². The van der Waals surface area contributed by atoms with E-state index in [1.54, 1.807) is 28.1 Å². The second kappa shape index (κ2) is 11.0. The Morgan fingerprint density at radius 1 is 1.16 bits per heavy atom. The normalized spacial score (nSPS) is 16.9. The van der Waals surface area contributed by atoms with Crippen LogP contribution >= 0.6 is 11.3 Å². The highest BCUT2D eigenvalue weighted by atomic mass is 32.1. The molecule has 2 aromatic heterocycles. The molecule has 1 aliphatic rings. The van der Waals surface area contributed by atoms with Gasteiger partial charge in [0.1, 0.15) is 5.54 Å². The van der Waals surface area contributed by atoms with E-state index in [2.05, 4.69) is 17.1 Å². The van der Waals surface area contributed by atoms with Crippen molar-refractivity contribution in [1.29, 1.82) is 0 Å². The van der Waals surface area contributed by atoms with Crippen LogP contribution in [0.2, 0.25) is 0 Å². The van der Waals surface area contributed by atoms with Crippen molar-refractivity contribution in [3.8, 4) is 0 Å². The van der Waals surface area contributed by atoms with Crippen LogP contribution in [0, 0.1) is 0 Å². The number of thiophene rings is 1. The summed E-state index contributed by atoms with van der Waals surface area (Å²) in [7, 11) is 0. The fourth-order valence-corrected chi connectivity index (χ4v) is 6.23. The summed E-state index contributed by atoms with van der Waals surface area (Å²) in [6.45, 7) is 5.37. The van der Waals surface area contributed by atoms with Gasteiger partial charge in [0, 0.05) is 42.5 Å². The molecule has 5 rings (SSSR count). The molecule has 7 nitrogen and oxygen atoms in total.